The molecule has 0 aromatic rings. The first-order chi connectivity index (χ1) is 14.7. The van der Waals surface area contributed by atoms with Crippen LogP contribution in [0, 0.1) is 5.92 Å². The van der Waals surface area contributed by atoms with E-state index in [1.54, 1.807) is 9.80 Å². The fourth-order valence-electron chi connectivity index (χ4n) is 3.88. The lowest BCUT2D eigenvalue weighted by molar-refractivity contribution is -0.140. The Labute approximate surface area is 182 Å². The molecule has 1 fully saturated rings. The Kier molecular flexibility index (Phi) is 12.7. The van der Waals surface area contributed by atoms with Gasteiger partial charge < -0.3 is 25.3 Å². The molecule has 1 rings (SSSR count). The van der Waals surface area contributed by atoms with Crippen molar-refractivity contribution in [2.75, 3.05) is 58.9 Å². The number of rotatable bonds is 9. The highest BCUT2D eigenvalue weighted by Crippen LogP contribution is 2.19. The average molecular weight is 446 g/mol. The molecule has 0 bridgehead atoms. The van der Waals surface area contributed by atoms with E-state index in [4.69, 9.17) is 5.11 Å². The fourth-order valence-corrected chi connectivity index (χ4v) is 3.88. The van der Waals surface area contributed by atoms with Crippen LogP contribution in [0.25, 0.3) is 0 Å². The van der Waals surface area contributed by atoms with Crippen molar-refractivity contribution in [1.29, 1.82) is 0 Å². The van der Waals surface area contributed by atoms with Crippen LogP contribution < -0.4 is 0 Å². The number of carboxylic acids is 4. The van der Waals surface area contributed by atoms with Crippen molar-refractivity contribution in [2.45, 2.75) is 38.5 Å². The molecule has 1 atom stereocenters. The second-order valence-corrected chi connectivity index (χ2v) is 8.07. The Hall–Kier alpha value is -2.24. The molecular weight excluding hydrogens is 410 g/mol. The van der Waals surface area contributed by atoms with E-state index in [9.17, 15) is 34.5 Å². The highest BCUT2D eigenvalue weighted by molar-refractivity contribution is 5.69. The summed E-state index contributed by atoms with van der Waals surface area (Å²) in [6.45, 7) is 2.82. The molecule has 0 radical (unpaired) electrons. The molecule has 11 heteroatoms. The first kappa shape index (κ1) is 26.8. The van der Waals surface area contributed by atoms with Crippen molar-refractivity contribution in [3.63, 3.8) is 0 Å². The number of hydrogen-bond acceptors (Lipinski definition) is 7. The van der Waals surface area contributed by atoms with Crippen LogP contribution in [0.2, 0.25) is 0 Å². The molecule has 0 aliphatic carbocycles. The van der Waals surface area contributed by atoms with E-state index in [1.165, 1.54) is 0 Å². The molecular formula is C20H35N3O8. The quantitative estimate of drug-likeness (QED) is 0.384. The van der Waals surface area contributed by atoms with Crippen LogP contribution in [-0.2, 0) is 19.2 Å². The summed E-state index contributed by atoms with van der Waals surface area (Å²) >= 11 is 0. The third-order valence-electron chi connectivity index (χ3n) is 5.46. The first-order valence-electron chi connectivity index (χ1n) is 10.7. The summed E-state index contributed by atoms with van der Waals surface area (Å²) in [7, 11) is 0. The summed E-state index contributed by atoms with van der Waals surface area (Å²) in [6.07, 6.45) is 2.76. The standard InChI is InChI=1S/C20H35N3O8/c24-17(25)5-8-21-6-1-3-16(13-18(26)27)4-2-7-22(14-19(28)29)11-12-23(10-9-21)15-20(30)31/h16H,1-15H2,(H,24,25)(H,26,27)(H,28,29)(H,30,31). The SMILES string of the molecule is O=C(O)CCN1CCCC(CC(=O)O)CCCN(CC(=O)O)CCN(CC(=O)O)CC1. The maximum Gasteiger partial charge on any atom is 0.317 e. The molecule has 11 nitrogen and oxygen atoms in total. The molecule has 0 spiro atoms. The number of carboxylic acid groups (broad SMARTS) is 4. The summed E-state index contributed by atoms with van der Waals surface area (Å²) in [5.74, 6) is -3.72. The van der Waals surface area contributed by atoms with Gasteiger partial charge in [0.15, 0.2) is 0 Å². The van der Waals surface area contributed by atoms with Crippen molar-refractivity contribution < 1.29 is 39.6 Å². The Morgan fingerprint density at radius 2 is 1.06 bits per heavy atom. The molecule has 0 amide bonds. The Morgan fingerprint density at radius 3 is 1.52 bits per heavy atom. The Morgan fingerprint density at radius 1 is 0.613 bits per heavy atom. The Balaban J connectivity index is 2.89. The van der Waals surface area contributed by atoms with Crippen molar-refractivity contribution in [3.8, 4) is 0 Å². The predicted molar refractivity (Wildman–Crippen MR) is 111 cm³/mol. The lowest BCUT2D eigenvalue weighted by atomic mass is 9.94. The summed E-state index contributed by atoms with van der Waals surface area (Å²) in [5, 5.41) is 36.6. The van der Waals surface area contributed by atoms with Crippen LogP contribution >= 0.6 is 0 Å². The van der Waals surface area contributed by atoms with Crippen molar-refractivity contribution >= 4 is 23.9 Å². The van der Waals surface area contributed by atoms with E-state index in [0.717, 1.165) is 6.42 Å². The van der Waals surface area contributed by atoms with Crippen molar-refractivity contribution in [2.24, 2.45) is 5.92 Å². The van der Waals surface area contributed by atoms with Gasteiger partial charge in [-0.05, 0) is 44.7 Å². The lowest BCUT2D eigenvalue weighted by Crippen LogP contribution is -2.43. The summed E-state index contributed by atoms with van der Waals surface area (Å²) in [4.78, 5) is 50.1. The zero-order chi connectivity index (χ0) is 23.2. The normalized spacial score (nSPS) is 21.2. The van der Waals surface area contributed by atoms with Gasteiger partial charge in [0.25, 0.3) is 0 Å². The van der Waals surface area contributed by atoms with E-state index in [1.807, 2.05) is 4.90 Å². The zero-order valence-electron chi connectivity index (χ0n) is 17.9. The highest BCUT2D eigenvalue weighted by Gasteiger charge is 2.19. The largest absolute Gasteiger partial charge is 0.481 e. The van der Waals surface area contributed by atoms with Crippen molar-refractivity contribution in [3.05, 3.63) is 0 Å². The molecule has 1 unspecified atom stereocenters. The summed E-state index contributed by atoms with van der Waals surface area (Å²) in [6, 6.07) is 0. The molecule has 4 N–H and O–H groups in total. The Bertz CT molecular complexity index is 601. The number of hydrogen-bond donors (Lipinski definition) is 4. The second kappa shape index (κ2) is 14.7. The lowest BCUT2D eigenvalue weighted by Gasteiger charge is -2.30. The van der Waals surface area contributed by atoms with E-state index < -0.39 is 23.9 Å². The third kappa shape index (κ3) is 13.6. The van der Waals surface area contributed by atoms with E-state index >= 15 is 0 Å². The van der Waals surface area contributed by atoms with Gasteiger partial charge in [0.1, 0.15) is 0 Å². The molecule has 1 heterocycles. The zero-order valence-corrected chi connectivity index (χ0v) is 17.9. The number of carbonyl (C=O) groups is 4. The topological polar surface area (TPSA) is 159 Å². The van der Waals surface area contributed by atoms with Gasteiger partial charge in [-0.15, -0.1) is 0 Å². The predicted octanol–water partition coefficient (Wildman–Crippen LogP) is 0.201. The molecule has 0 aromatic heterocycles. The van der Waals surface area contributed by atoms with Gasteiger partial charge in [-0.25, -0.2) is 0 Å². The number of nitrogens with zero attached hydrogens (tertiary/aromatic N) is 3. The summed E-state index contributed by atoms with van der Waals surface area (Å²) in [5.41, 5.74) is 0. The summed E-state index contributed by atoms with van der Waals surface area (Å²) < 4.78 is 0. The van der Waals surface area contributed by atoms with Gasteiger partial charge in [0.05, 0.1) is 19.5 Å². The van der Waals surface area contributed by atoms with E-state index in [2.05, 4.69) is 0 Å². The van der Waals surface area contributed by atoms with Crippen LogP contribution in [0.15, 0.2) is 0 Å². The van der Waals surface area contributed by atoms with Crippen LogP contribution in [0.5, 0.6) is 0 Å². The molecule has 0 aromatic carbocycles. The molecule has 0 saturated carbocycles. The molecule has 178 valence electrons. The second-order valence-electron chi connectivity index (χ2n) is 8.07. The fraction of sp³-hybridized carbons (Fsp3) is 0.800. The molecule has 1 aliphatic rings. The van der Waals surface area contributed by atoms with Crippen molar-refractivity contribution in [1.82, 2.24) is 14.7 Å². The van der Waals surface area contributed by atoms with Crippen LogP contribution in [-0.4, -0.2) is 118 Å². The number of aliphatic carboxylic acids is 4. The average Bonchev–Trinajstić information content (AvgIpc) is 2.64. The van der Waals surface area contributed by atoms with Gasteiger partial charge in [0, 0.05) is 39.1 Å². The minimum absolute atomic E-state index is 0.0167. The highest BCUT2D eigenvalue weighted by atomic mass is 16.4. The van der Waals surface area contributed by atoms with Gasteiger partial charge in [-0.1, -0.05) is 0 Å². The van der Waals surface area contributed by atoms with E-state index in [0.29, 0.717) is 65.1 Å². The molecule has 1 saturated heterocycles. The molecule has 31 heavy (non-hydrogen) atoms. The smallest absolute Gasteiger partial charge is 0.317 e. The van der Waals surface area contributed by atoms with Gasteiger partial charge in [0.2, 0.25) is 0 Å². The molecule has 1 aliphatic heterocycles. The van der Waals surface area contributed by atoms with Crippen LogP contribution in [0.1, 0.15) is 38.5 Å². The maximum atomic E-state index is 11.2. The van der Waals surface area contributed by atoms with E-state index in [-0.39, 0.29) is 31.8 Å². The first-order valence-corrected chi connectivity index (χ1v) is 10.7. The van der Waals surface area contributed by atoms with Gasteiger partial charge >= 0.3 is 23.9 Å². The monoisotopic (exact) mass is 445 g/mol. The third-order valence-corrected chi connectivity index (χ3v) is 5.46. The van der Waals surface area contributed by atoms with Crippen LogP contribution in [0.3, 0.4) is 0 Å². The minimum atomic E-state index is -0.973. The maximum absolute atomic E-state index is 11.2. The minimum Gasteiger partial charge on any atom is -0.481 e. The van der Waals surface area contributed by atoms with Gasteiger partial charge in [-0.3, -0.25) is 29.0 Å². The van der Waals surface area contributed by atoms with Crippen LogP contribution in [0.4, 0.5) is 0 Å². The van der Waals surface area contributed by atoms with Gasteiger partial charge in [-0.2, -0.15) is 0 Å².